The van der Waals surface area contributed by atoms with Crippen LogP contribution in [0.5, 0.6) is 0 Å². The van der Waals surface area contributed by atoms with E-state index < -0.39 is 59.7 Å². The minimum absolute atomic E-state index is 0.0347. The van der Waals surface area contributed by atoms with Crippen LogP contribution in [0, 0.1) is 11.3 Å². The maximum absolute atomic E-state index is 14.0. The van der Waals surface area contributed by atoms with Crippen LogP contribution >= 0.6 is 0 Å². The van der Waals surface area contributed by atoms with E-state index in [1.807, 2.05) is 0 Å². The Morgan fingerprint density at radius 3 is 1.71 bits per heavy atom. The van der Waals surface area contributed by atoms with Crippen molar-refractivity contribution in [2.45, 2.75) is 90.3 Å². The van der Waals surface area contributed by atoms with Gasteiger partial charge in [-0.2, -0.15) is 26.3 Å². The third kappa shape index (κ3) is 4.10. The monoisotopic (exact) mass is 420 g/mol. The Bertz CT molecular complexity index is 572. The molecule has 0 N–H and O–H groups in total. The van der Waals surface area contributed by atoms with Gasteiger partial charge in [0.25, 0.3) is 0 Å². The Balaban J connectivity index is 3.70. The average Bonchev–Trinajstić information content (AvgIpc) is 2.98. The first-order valence-electron chi connectivity index (χ1n) is 9.07. The van der Waals surface area contributed by atoms with Crippen LogP contribution in [0.25, 0.3) is 0 Å². The SMILES string of the molecule is CCC(C)(C)C(=O)OC1(C(OC(=O)C(C)C)(C(F)(F)F)C(F)(F)F)CCCC1. The summed E-state index contributed by atoms with van der Waals surface area (Å²) in [4.78, 5) is 24.4. The number of esters is 2. The molecule has 1 saturated carbocycles. The van der Waals surface area contributed by atoms with Gasteiger partial charge in [-0.05, 0) is 46.0 Å². The zero-order valence-electron chi connectivity index (χ0n) is 16.5. The molecule has 4 nitrogen and oxygen atoms in total. The van der Waals surface area contributed by atoms with Gasteiger partial charge >= 0.3 is 29.9 Å². The summed E-state index contributed by atoms with van der Waals surface area (Å²) in [5, 5.41) is 0. The molecule has 0 spiro atoms. The number of hydrogen-bond acceptors (Lipinski definition) is 4. The van der Waals surface area contributed by atoms with Crippen LogP contribution in [0.3, 0.4) is 0 Å². The van der Waals surface area contributed by atoms with E-state index in [9.17, 15) is 35.9 Å². The number of rotatable bonds is 6. The van der Waals surface area contributed by atoms with Crippen molar-refractivity contribution in [1.82, 2.24) is 0 Å². The van der Waals surface area contributed by atoms with Gasteiger partial charge in [0.1, 0.15) is 0 Å². The molecule has 0 unspecified atom stereocenters. The first-order valence-corrected chi connectivity index (χ1v) is 9.07. The number of carbonyl (C=O) groups is 2. The second kappa shape index (κ2) is 7.74. The smallest absolute Gasteiger partial charge is 0.441 e. The highest BCUT2D eigenvalue weighted by molar-refractivity contribution is 5.77. The highest BCUT2D eigenvalue weighted by Crippen LogP contribution is 2.59. The largest absolute Gasteiger partial charge is 0.454 e. The third-order valence-corrected chi connectivity index (χ3v) is 5.30. The molecule has 0 aromatic carbocycles. The van der Waals surface area contributed by atoms with Gasteiger partial charge in [0.05, 0.1) is 11.3 Å². The molecule has 0 saturated heterocycles. The Morgan fingerprint density at radius 1 is 0.964 bits per heavy atom. The molecule has 0 aromatic rings. The second-order valence-corrected chi connectivity index (χ2v) is 8.08. The summed E-state index contributed by atoms with van der Waals surface area (Å²) in [7, 11) is 0. The van der Waals surface area contributed by atoms with E-state index in [2.05, 4.69) is 4.74 Å². The maximum Gasteiger partial charge on any atom is 0.441 e. The van der Waals surface area contributed by atoms with Gasteiger partial charge in [-0.3, -0.25) is 9.59 Å². The molecule has 0 radical (unpaired) electrons. The molecule has 164 valence electrons. The van der Waals surface area contributed by atoms with E-state index in [1.54, 1.807) is 6.92 Å². The van der Waals surface area contributed by atoms with Crippen molar-refractivity contribution in [2.75, 3.05) is 0 Å². The molecule has 1 rings (SSSR count). The highest BCUT2D eigenvalue weighted by atomic mass is 19.4. The summed E-state index contributed by atoms with van der Waals surface area (Å²) in [5.74, 6) is -4.12. The van der Waals surface area contributed by atoms with Crippen molar-refractivity contribution in [3.63, 3.8) is 0 Å². The molecule has 10 heteroatoms. The third-order valence-electron chi connectivity index (χ3n) is 5.30. The van der Waals surface area contributed by atoms with Gasteiger partial charge < -0.3 is 9.47 Å². The standard InChI is InChI=1S/C18H26F6O4/c1-6-14(4,5)13(26)28-15(9-7-8-10-15)16(17(19,20)21,18(22,23)24)27-12(25)11(2)3/h11H,6-10H2,1-5H3. The first-order chi connectivity index (χ1) is 12.5. The van der Waals surface area contributed by atoms with Gasteiger partial charge in [0.2, 0.25) is 0 Å². The minimum atomic E-state index is -6.04. The van der Waals surface area contributed by atoms with Crippen LogP contribution < -0.4 is 0 Å². The van der Waals surface area contributed by atoms with E-state index in [0.29, 0.717) is 0 Å². The van der Waals surface area contributed by atoms with Gasteiger partial charge in [-0.25, -0.2) is 0 Å². The van der Waals surface area contributed by atoms with Crippen LogP contribution in [0.2, 0.25) is 0 Å². The van der Waals surface area contributed by atoms with Gasteiger partial charge in [0.15, 0.2) is 5.60 Å². The molecule has 0 aliphatic heterocycles. The summed E-state index contributed by atoms with van der Waals surface area (Å²) in [6, 6.07) is 0. The summed E-state index contributed by atoms with van der Waals surface area (Å²) >= 11 is 0. The van der Waals surface area contributed by atoms with Crippen molar-refractivity contribution in [2.24, 2.45) is 11.3 Å². The van der Waals surface area contributed by atoms with Crippen LogP contribution in [-0.2, 0) is 19.1 Å². The van der Waals surface area contributed by atoms with E-state index in [4.69, 9.17) is 4.74 Å². The van der Waals surface area contributed by atoms with Crippen LogP contribution in [-0.4, -0.2) is 35.5 Å². The molecule has 0 amide bonds. The molecule has 28 heavy (non-hydrogen) atoms. The zero-order valence-corrected chi connectivity index (χ0v) is 16.5. The van der Waals surface area contributed by atoms with Crippen molar-refractivity contribution < 1.29 is 45.4 Å². The van der Waals surface area contributed by atoms with E-state index in [-0.39, 0.29) is 19.3 Å². The number of alkyl halides is 6. The molecular formula is C18H26F6O4. The Kier molecular flexibility index (Phi) is 6.79. The van der Waals surface area contributed by atoms with Crippen LogP contribution in [0.1, 0.15) is 66.7 Å². The van der Waals surface area contributed by atoms with Crippen molar-refractivity contribution in [3.8, 4) is 0 Å². The van der Waals surface area contributed by atoms with Crippen LogP contribution in [0.15, 0.2) is 0 Å². The summed E-state index contributed by atoms with van der Waals surface area (Å²) < 4.78 is 93.4. The summed E-state index contributed by atoms with van der Waals surface area (Å²) in [6.45, 7) is 6.52. The summed E-state index contributed by atoms with van der Waals surface area (Å²) in [6.07, 6.45) is -13.5. The highest BCUT2D eigenvalue weighted by Gasteiger charge is 2.85. The van der Waals surface area contributed by atoms with Gasteiger partial charge in [0, 0.05) is 0 Å². The fourth-order valence-electron chi connectivity index (χ4n) is 3.09. The fraction of sp³-hybridized carbons (Fsp3) is 0.889. The molecular weight excluding hydrogens is 394 g/mol. The predicted molar refractivity (Wildman–Crippen MR) is 87.1 cm³/mol. The summed E-state index contributed by atoms with van der Waals surface area (Å²) in [5.41, 5.74) is -9.32. The number of halogens is 6. The Labute approximate surface area is 159 Å². The van der Waals surface area contributed by atoms with Crippen molar-refractivity contribution >= 4 is 11.9 Å². The number of carbonyl (C=O) groups excluding carboxylic acids is 2. The van der Waals surface area contributed by atoms with E-state index >= 15 is 0 Å². The normalized spacial score (nSPS) is 18.3. The van der Waals surface area contributed by atoms with Gasteiger partial charge in [-0.15, -0.1) is 0 Å². The van der Waals surface area contributed by atoms with E-state index in [1.165, 1.54) is 13.8 Å². The second-order valence-electron chi connectivity index (χ2n) is 8.08. The molecule has 1 fully saturated rings. The van der Waals surface area contributed by atoms with Crippen molar-refractivity contribution in [3.05, 3.63) is 0 Å². The predicted octanol–water partition coefficient (Wildman–Crippen LogP) is 5.34. The lowest BCUT2D eigenvalue weighted by molar-refractivity contribution is -0.413. The van der Waals surface area contributed by atoms with E-state index in [0.717, 1.165) is 13.8 Å². The maximum atomic E-state index is 14.0. The van der Waals surface area contributed by atoms with Crippen molar-refractivity contribution in [1.29, 1.82) is 0 Å². The average molecular weight is 420 g/mol. The molecule has 0 heterocycles. The number of hydrogen-bond donors (Lipinski definition) is 0. The molecule has 1 aliphatic carbocycles. The molecule has 0 atom stereocenters. The topological polar surface area (TPSA) is 52.6 Å². The first kappa shape index (κ1) is 24.6. The molecule has 1 aliphatic rings. The Hall–Kier alpha value is -1.48. The number of ether oxygens (including phenoxy) is 2. The fourth-order valence-corrected chi connectivity index (χ4v) is 3.09. The lowest BCUT2D eigenvalue weighted by atomic mass is 9.78. The lowest BCUT2D eigenvalue weighted by Crippen LogP contribution is -2.73. The van der Waals surface area contributed by atoms with Gasteiger partial charge in [-0.1, -0.05) is 20.8 Å². The van der Waals surface area contributed by atoms with Crippen LogP contribution in [0.4, 0.5) is 26.3 Å². The lowest BCUT2D eigenvalue weighted by Gasteiger charge is -2.48. The molecule has 0 bridgehead atoms. The molecule has 0 aromatic heterocycles. The zero-order chi connectivity index (χ0) is 22.2. The minimum Gasteiger partial charge on any atom is -0.454 e. The Morgan fingerprint density at radius 2 is 1.39 bits per heavy atom. The quantitative estimate of drug-likeness (QED) is 0.430.